The molecule has 1 aliphatic heterocycles. The summed E-state index contributed by atoms with van der Waals surface area (Å²) in [6, 6.07) is 3.95. The number of ether oxygens (including phenoxy) is 1. The summed E-state index contributed by atoms with van der Waals surface area (Å²) < 4.78 is 4.95. The van der Waals surface area contributed by atoms with Gasteiger partial charge in [-0.3, -0.25) is 0 Å². The van der Waals surface area contributed by atoms with Gasteiger partial charge in [0.2, 0.25) is 0 Å². The van der Waals surface area contributed by atoms with Crippen molar-refractivity contribution in [3.8, 4) is 0 Å². The van der Waals surface area contributed by atoms with Crippen molar-refractivity contribution in [1.82, 2.24) is 4.98 Å². The van der Waals surface area contributed by atoms with Gasteiger partial charge in [0.15, 0.2) is 0 Å². The third-order valence-corrected chi connectivity index (χ3v) is 3.90. The Morgan fingerprint density at radius 1 is 1.50 bits per heavy atom. The Labute approximate surface area is 120 Å². The maximum atomic E-state index is 11.6. The second-order valence-corrected chi connectivity index (χ2v) is 5.19. The standard InChI is InChI=1S/C15H23N3O2/c1-3-11-10-18(8-7-13(11)16)14-6-5-12(9-17-14)15(19)20-4-2/h5-6,9,11,13H,3-4,7-8,10,16H2,1-2H3. The van der Waals surface area contributed by atoms with Crippen LogP contribution in [0, 0.1) is 5.92 Å². The molecule has 0 amide bonds. The number of anilines is 1. The molecule has 2 rings (SSSR count). The van der Waals surface area contributed by atoms with Gasteiger partial charge in [0, 0.05) is 25.3 Å². The Bertz CT molecular complexity index is 447. The third-order valence-electron chi connectivity index (χ3n) is 3.90. The maximum absolute atomic E-state index is 11.6. The molecule has 1 aliphatic rings. The van der Waals surface area contributed by atoms with Crippen LogP contribution < -0.4 is 10.6 Å². The highest BCUT2D eigenvalue weighted by Gasteiger charge is 2.26. The summed E-state index contributed by atoms with van der Waals surface area (Å²) in [4.78, 5) is 18.2. The Morgan fingerprint density at radius 2 is 2.30 bits per heavy atom. The van der Waals surface area contributed by atoms with E-state index in [1.165, 1.54) is 0 Å². The fourth-order valence-corrected chi connectivity index (χ4v) is 2.60. The molecule has 0 radical (unpaired) electrons. The van der Waals surface area contributed by atoms with Crippen molar-refractivity contribution in [1.29, 1.82) is 0 Å². The molecular weight excluding hydrogens is 254 g/mol. The van der Waals surface area contributed by atoms with Crippen LogP contribution in [0.1, 0.15) is 37.0 Å². The lowest BCUT2D eigenvalue weighted by atomic mass is 9.91. The molecule has 2 N–H and O–H groups in total. The van der Waals surface area contributed by atoms with Crippen molar-refractivity contribution in [3.63, 3.8) is 0 Å². The van der Waals surface area contributed by atoms with Crippen LogP contribution in [0.3, 0.4) is 0 Å². The Hall–Kier alpha value is -1.62. The van der Waals surface area contributed by atoms with E-state index in [0.29, 0.717) is 18.1 Å². The molecule has 2 heterocycles. The number of carbonyl (C=O) groups is 1. The fourth-order valence-electron chi connectivity index (χ4n) is 2.60. The largest absolute Gasteiger partial charge is 0.462 e. The first-order chi connectivity index (χ1) is 9.65. The Balaban J connectivity index is 2.04. The Kier molecular flexibility index (Phi) is 4.95. The van der Waals surface area contributed by atoms with Crippen molar-refractivity contribution in [2.45, 2.75) is 32.7 Å². The molecule has 0 aromatic carbocycles. The highest BCUT2D eigenvalue weighted by Crippen LogP contribution is 2.23. The third kappa shape index (κ3) is 3.28. The van der Waals surface area contributed by atoms with Gasteiger partial charge in [0.25, 0.3) is 0 Å². The molecule has 110 valence electrons. The van der Waals surface area contributed by atoms with Crippen LogP contribution in [-0.4, -0.2) is 36.7 Å². The van der Waals surface area contributed by atoms with Crippen molar-refractivity contribution < 1.29 is 9.53 Å². The summed E-state index contributed by atoms with van der Waals surface area (Å²) >= 11 is 0. The van der Waals surface area contributed by atoms with Crippen molar-refractivity contribution in [2.75, 3.05) is 24.6 Å². The van der Waals surface area contributed by atoms with Gasteiger partial charge >= 0.3 is 5.97 Å². The fraction of sp³-hybridized carbons (Fsp3) is 0.600. The second-order valence-electron chi connectivity index (χ2n) is 5.19. The van der Waals surface area contributed by atoms with E-state index in [2.05, 4.69) is 16.8 Å². The zero-order valence-corrected chi connectivity index (χ0v) is 12.2. The predicted molar refractivity (Wildman–Crippen MR) is 78.8 cm³/mol. The quantitative estimate of drug-likeness (QED) is 0.850. The van der Waals surface area contributed by atoms with Crippen LogP contribution in [0.2, 0.25) is 0 Å². The zero-order valence-electron chi connectivity index (χ0n) is 12.2. The second kappa shape index (κ2) is 6.70. The summed E-state index contributed by atoms with van der Waals surface area (Å²) in [7, 11) is 0. The van der Waals surface area contributed by atoms with Crippen LogP contribution in [0.4, 0.5) is 5.82 Å². The summed E-state index contributed by atoms with van der Waals surface area (Å²) in [5, 5.41) is 0. The first-order valence-electron chi connectivity index (χ1n) is 7.29. The number of piperidine rings is 1. The highest BCUT2D eigenvalue weighted by molar-refractivity contribution is 5.89. The molecule has 1 saturated heterocycles. The average molecular weight is 277 g/mol. The lowest BCUT2D eigenvalue weighted by Crippen LogP contribution is -2.47. The van der Waals surface area contributed by atoms with Crippen molar-refractivity contribution in [3.05, 3.63) is 23.9 Å². The Morgan fingerprint density at radius 3 is 2.90 bits per heavy atom. The molecule has 2 atom stereocenters. The van der Waals surface area contributed by atoms with Gasteiger partial charge in [0.05, 0.1) is 12.2 Å². The van der Waals surface area contributed by atoms with Gasteiger partial charge in [-0.15, -0.1) is 0 Å². The molecule has 0 saturated carbocycles. The molecular formula is C15H23N3O2. The molecule has 2 unspecified atom stereocenters. The molecule has 0 aliphatic carbocycles. The molecule has 0 spiro atoms. The molecule has 1 aromatic rings. The van der Waals surface area contributed by atoms with Crippen LogP contribution in [0.25, 0.3) is 0 Å². The molecule has 20 heavy (non-hydrogen) atoms. The van der Waals surface area contributed by atoms with Crippen molar-refractivity contribution in [2.24, 2.45) is 11.7 Å². The average Bonchev–Trinajstić information content (AvgIpc) is 2.48. The highest BCUT2D eigenvalue weighted by atomic mass is 16.5. The zero-order chi connectivity index (χ0) is 14.5. The SMILES string of the molecule is CCOC(=O)c1ccc(N2CCC(N)C(CC)C2)nc1. The molecule has 5 nitrogen and oxygen atoms in total. The maximum Gasteiger partial charge on any atom is 0.339 e. The first-order valence-corrected chi connectivity index (χ1v) is 7.29. The van der Waals surface area contributed by atoms with Gasteiger partial charge in [-0.25, -0.2) is 9.78 Å². The smallest absolute Gasteiger partial charge is 0.339 e. The monoisotopic (exact) mass is 277 g/mol. The van der Waals surface area contributed by atoms with Crippen LogP contribution in [0.5, 0.6) is 0 Å². The number of esters is 1. The number of nitrogens with two attached hydrogens (primary N) is 1. The summed E-state index contributed by atoms with van der Waals surface area (Å²) in [6.07, 6.45) is 3.65. The van der Waals surface area contributed by atoms with E-state index >= 15 is 0 Å². The van der Waals surface area contributed by atoms with E-state index in [9.17, 15) is 4.79 Å². The van der Waals surface area contributed by atoms with E-state index in [1.54, 1.807) is 19.2 Å². The number of rotatable bonds is 4. The van der Waals surface area contributed by atoms with E-state index in [-0.39, 0.29) is 12.0 Å². The van der Waals surface area contributed by atoms with Gasteiger partial charge < -0.3 is 15.4 Å². The van der Waals surface area contributed by atoms with Gasteiger partial charge in [-0.2, -0.15) is 0 Å². The summed E-state index contributed by atoms with van der Waals surface area (Å²) in [5.74, 6) is 1.09. The van der Waals surface area contributed by atoms with Gasteiger partial charge in [-0.1, -0.05) is 13.3 Å². The van der Waals surface area contributed by atoms with Crippen molar-refractivity contribution >= 4 is 11.8 Å². The van der Waals surface area contributed by atoms with Crippen LogP contribution in [-0.2, 0) is 4.74 Å². The van der Waals surface area contributed by atoms with Gasteiger partial charge in [-0.05, 0) is 31.4 Å². The minimum Gasteiger partial charge on any atom is -0.462 e. The number of pyridine rings is 1. The lowest BCUT2D eigenvalue weighted by Gasteiger charge is -2.37. The minimum absolute atomic E-state index is 0.287. The molecule has 5 heteroatoms. The van der Waals surface area contributed by atoms with E-state index in [1.807, 2.05) is 6.07 Å². The summed E-state index contributed by atoms with van der Waals surface area (Å²) in [5.41, 5.74) is 6.62. The van der Waals surface area contributed by atoms with Crippen LogP contribution in [0.15, 0.2) is 18.3 Å². The van der Waals surface area contributed by atoms with E-state index < -0.39 is 0 Å². The molecule has 1 fully saturated rings. The number of carbonyl (C=O) groups excluding carboxylic acids is 1. The van der Waals surface area contributed by atoms with Gasteiger partial charge in [0.1, 0.15) is 5.82 Å². The minimum atomic E-state index is -0.321. The normalized spacial score (nSPS) is 22.6. The number of aromatic nitrogens is 1. The number of hydrogen-bond donors (Lipinski definition) is 1. The summed E-state index contributed by atoms with van der Waals surface area (Å²) in [6.45, 7) is 6.20. The van der Waals surface area contributed by atoms with Crippen LogP contribution >= 0.6 is 0 Å². The lowest BCUT2D eigenvalue weighted by molar-refractivity contribution is 0.0526. The van der Waals surface area contributed by atoms with E-state index in [4.69, 9.17) is 10.5 Å². The topological polar surface area (TPSA) is 68.5 Å². The van der Waals surface area contributed by atoms with E-state index in [0.717, 1.165) is 31.7 Å². The molecule has 1 aromatic heterocycles. The first kappa shape index (κ1) is 14.8. The number of hydrogen-bond acceptors (Lipinski definition) is 5. The molecule has 0 bridgehead atoms. The predicted octanol–water partition coefficient (Wildman–Crippen LogP) is 1.82. The number of nitrogens with zero attached hydrogens (tertiary/aromatic N) is 2.